The normalized spacial score (nSPS) is 33.0. The van der Waals surface area contributed by atoms with E-state index in [0.717, 1.165) is 45.7 Å². The third kappa shape index (κ3) is 2.44. The van der Waals surface area contributed by atoms with Gasteiger partial charge in [-0.25, -0.2) is 0 Å². The standard InChI is InChI=1S/C6H10OSSe2/c1-2-10-6(9-1)7-3-5-4-8-5/h5-6H,1-4H2. The second kappa shape index (κ2) is 3.84. The number of hydrogen-bond acceptors (Lipinski definition) is 2. The molecule has 2 aliphatic rings. The number of rotatable bonds is 3. The van der Waals surface area contributed by atoms with Gasteiger partial charge in [0.15, 0.2) is 0 Å². The molecule has 0 radical (unpaired) electrons. The van der Waals surface area contributed by atoms with Gasteiger partial charge in [-0.2, -0.15) is 0 Å². The number of thioether (sulfide) groups is 1. The fraction of sp³-hybridized carbons (Fsp3) is 1.00. The van der Waals surface area contributed by atoms with Crippen LogP contribution in [0.15, 0.2) is 0 Å². The summed E-state index contributed by atoms with van der Waals surface area (Å²) in [6.45, 7) is 1.05. The van der Waals surface area contributed by atoms with Crippen LogP contribution in [0.4, 0.5) is 0 Å². The Morgan fingerprint density at radius 1 is 1.40 bits per heavy atom. The predicted octanol–water partition coefficient (Wildman–Crippen LogP) is 0.661. The summed E-state index contributed by atoms with van der Waals surface area (Å²) in [5.41, 5.74) is 0. The molecule has 2 rings (SSSR count). The molecule has 2 heterocycles. The van der Waals surface area contributed by atoms with Crippen molar-refractivity contribution in [2.45, 2.75) is 19.8 Å². The van der Waals surface area contributed by atoms with E-state index in [1.165, 1.54) is 16.4 Å². The van der Waals surface area contributed by atoms with Gasteiger partial charge in [-0.1, -0.05) is 0 Å². The van der Waals surface area contributed by atoms with Gasteiger partial charge in [0.05, 0.1) is 0 Å². The van der Waals surface area contributed by atoms with Crippen LogP contribution < -0.4 is 0 Å². The van der Waals surface area contributed by atoms with E-state index in [-0.39, 0.29) is 0 Å². The Hall–Kier alpha value is 1.35. The van der Waals surface area contributed by atoms with E-state index < -0.39 is 0 Å². The van der Waals surface area contributed by atoms with Crippen molar-refractivity contribution in [3.8, 4) is 0 Å². The summed E-state index contributed by atoms with van der Waals surface area (Å²) in [6.07, 6.45) is 0. The van der Waals surface area contributed by atoms with Gasteiger partial charge >= 0.3 is 78.6 Å². The number of ether oxygens (including phenoxy) is 1. The summed E-state index contributed by atoms with van der Waals surface area (Å²) in [5, 5.41) is 3.84. The molecule has 2 aliphatic heterocycles. The minimum absolute atomic E-state index is 0.751. The topological polar surface area (TPSA) is 9.23 Å². The van der Waals surface area contributed by atoms with E-state index in [1.807, 2.05) is 11.8 Å². The van der Waals surface area contributed by atoms with Gasteiger partial charge in [-0.05, 0) is 0 Å². The van der Waals surface area contributed by atoms with Crippen molar-refractivity contribution in [2.24, 2.45) is 0 Å². The Morgan fingerprint density at radius 3 is 2.70 bits per heavy atom. The van der Waals surface area contributed by atoms with Crippen LogP contribution in [-0.2, 0) is 4.74 Å². The van der Waals surface area contributed by atoms with E-state index >= 15 is 0 Å². The summed E-state index contributed by atoms with van der Waals surface area (Å²) in [5.74, 6) is 1.35. The van der Waals surface area contributed by atoms with Gasteiger partial charge in [-0.15, -0.1) is 0 Å². The molecule has 2 fully saturated rings. The Kier molecular flexibility index (Phi) is 3.06. The fourth-order valence-electron chi connectivity index (χ4n) is 0.783. The van der Waals surface area contributed by atoms with Gasteiger partial charge in [0.2, 0.25) is 0 Å². The summed E-state index contributed by atoms with van der Waals surface area (Å²) in [6, 6.07) is 0. The molecule has 0 N–H and O–H groups in total. The van der Waals surface area contributed by atoms with Crippen LogP contribution in [0.2, 0.25) is 10.6 Å². The molecule has 0 bridgehead atoms. The molecule has 0 saturated carbocycles. The monoisotopic (exact) mass is 290 g/mol. The zero-order valence-electron chi connectivity index (χ0n) is 5.62. The van der Waals surface area contributed by atoms with E-state index in [0.29, 0.717) is 0 Å². The number of hydrogen-bond donors (Lipinski definition) is 0. The van der Waals surface area contributed by atoms with Crippen molar-refractivity contribution in [1.29, 1.82) is 0 Å². The van der Waals surface area contributed by atoms with E-state index in [1.54, 1.807) is 0 Å². The Morgan fingerprint density at radius 2 is 2.10 bits per heavy atom. The molecular formula is C6H10OSSe2. The van der Waals surface area contributed by atoms with Gasteiger partial charge in [0.25, 0.3) is 0 Å². The molecule has 4 heteroatoms. The van der Waals surface area contributed by atoms with E-state index in [2.05, 4.69) is 0 Å². The first-order valence-electron chi connectivity index (χ1n) is 3.41. The van der Waals surface area contributed by atoms with Gasteiger partial charge in [0, 0.05) is 0 Å². The molecule has 0 aromatic rings. The molecule has 0 aromatic carbocycles. The molecule has 1 atom stereocenters. The Balaban J connectivity index is 1.59. The third-order valence-corrected chi connectivity index (χ3v) is 10.2. The fourth-order valence-corrected chi connectivity index (χ4v) is 8.58. The molecule has 0 spiro atoms. The average Bonchev–Trinajstić information content (AvgIpc) is 2.63. The summed E-state index contributed by atoms with van der Waals surface area (Å²) in [7, 11) is 0. The van der Waals surface area contributed by atoms with Crippen molar-refractivity contribution in [3.63, 3.8) is 0 Å². The zero-order valence-corrected chi connectivity index (χ0v) is 9.86. The predicted molar refractivity (Wildman–Crippen MR) is 47.1 cm³/mol. The molecule has 0 aliphatic carbocycles. The molecule has 58 valence electrons. The van der Waals surface area contributed by atoms with Crippen molar-refractivity contribution >= 4 is 41.7 Å². The van der Waals surface area contributed by atoms with Gasteiger partial charge in [-0.3, -0.25) is 0 Å². The van der Waals surface area contributed by atoms with Crippen molar-refractivity contribution in [2.75, 3.05) is 12.4 Å². The van der Waals surface area contributed by atoms with Crippen molar-refractivity contribution in [3.05, 3.63) is 0 Å². The quantitative estimate of drug-likeness (QED) is 0.557. The van der Waals surface area contributed by atoms with Crippen LogP contribution in [0.1, 0.15) is 0 Å². The Bertz CT molecular complexity index is 112. The van der Waals surface area contributed by atoms with Crippen LogP contribution >= 0.6 is 11.8 Å². The van der Waals surface area contributed by atoms with Crippen LogP contribution in [0.3, 0.4) is 0 Å². The maximum atomic E-state index is 5.76. The summed E-state index contributed by atoms with van der Waals surface area (Å²) >= 11 is 3.73. The van der Waals surface area contributed by atoms with Gasteiger partial charge < -0.3 is 0 Å². The summed E-state index contributed by atoms with van der Waals surface area (Å²) in [4.78, 5) is 0. The van der Waals surface area contributed by atoms with Crippen molar-refractivity contribution < 1.29 is 4.74 Å². The molecule has 10 heavy (non-hydrogen) atoms. The second-order valence-corrected chi connectivity index (χ2v) is 10.1. The van der Waals surface area contributed by atoms with Gasteiger partial charge in [0.1, 0.15) is 0 Å². The molecule has 0 amide bonds. The Labute approximate surface area is 78.4 Å². The minimum atomic E-state index is 0.751. The first-order valence-corrected chi connectivity index (χ1v) is 8.86. The SMILES string of the molecule is C1C[Se]C(OCC2CS2)[Se]1. The molecule has 1 unspecified atom stereocenters. The van der Waals surface area contributed by atoms with E-state index in [9.17, 15) is 0 Å². The van der Waals surface area contributed by atoms with Crippen LogP contribution in [-0.4, -0.2) is 51.4 Å². The van der Waals surface area contributed by atoms with Crippen LogP contribution in [0.5, 0.6) is 0 Å². The summed E-state index contributed by atoms with van der Waals surface area (Å²) < 4.78 is 6.51. The first-order chi connectivity index (χ1) is 4.95. The maximum absolute atomic E-state index is 5.76. The molecule has 2 saturated heterocycles. The average molecular weight is 288 g/mol. The first kappa shape index (κ1) is 7.97. The van der Waals surface area contributed by atoms with Crippen LogP contribution in [0.25, 0.3) is 0 Å². The van der Waals surface area contributed by atoms with Crippen molar-refractivity contribution in [1.82, 2.24) is 0 Å². The third-order valence-electron chi connectivity index (χ3n) is 1.41. The molecular weight excluding hydrogens is 278 g/mol. The zero-order chi connectivity index (χ0) is 6.81. The second-order valence-electron chi connectivity index (χ2n) is 2.32. The van der Waals surface area contributed by atoms with Crippen LogP contribution in [0, 0.1) is 0 Å². The van der Waals surface area contributed by atoms with E-state index in [4.69, 9.17) is 4.74 Å². The molecule has 0 aromatic heterocycles. The molecule has 1 nitrogen and oxygen atoms in total.